The van der Waals surface area contributed by atoms with Crippen molar-refractivity contribution < 1.29 is 14.3 Å². The van der Waals surface area contributed by atoms with Crippen LogP contribution in [0.4, 0.5) is 0 Å². The predicted octanol–water partition coefficient (Wildman–Crippen LogP) is 6.76. The Morgan fingerprint density at radius 1 is 1.06 bits per heavy atom. The van der Waals surface area contributed by atoms with Crippen LogP contribution in [0.25, 0.3) is 0 Å². The molecule has 0 radical (unpaired) electrons. The summed E-state index contributed by atoms with van der Waals surface area (Å²) in [6.07, 6.45) is 1.50. The maximum Gasteiger partial charge on any atom is 0.271 e. The van der Waals surface area contributed by atoms with Crippen molar-refractivity contribution in [2.24, 2.45) is 5.10 Å². The summed E-state index contributed by atoms with van der Waals surface area (Å²) in [4.78, 5) is 12.1. The molecule has 3 aromatic rings. The van der Waals surface area contributed by atoms with E-state index in [4.69, 9.17) is 44.3 Å². The maximum atomic E-state index is 12.1. The second kappa shape index (κ2) is 10.9. The predicted molar refractivity (Wildman–Crippen MR) is 128 cm³/mol. The number of halogens is 4. The zero-order chi connectivity index (χ0) is 22.4. The number of nitrogens with zero attached hydrogens (tertiary/aromatic N) is 1. The first-order valence-corrected chi connectivity index (χ1v) is 10.8. The maximum absolute atomic E-state index is 12.1. The molecule has 0 aliphatic rings. The third-order valence-corrected chi connectivity index (χ3v) is 5.69. The number of amides is 1. The molecule has 0 saturated heterocycles. The fourth-order valence-electron chi connectivity index (χ4n) is 2.57. The number of ether oxygens (including phenoxy) is 2. The Morgan fingerprint density at radius 2 is 1.81 bits per heavy atom. The lowest BCUT2D eigenvalue weighted by molar-refractivity contribution is 0.0955. The fraction of sp³-hybridized carbons (Fsp3) is 0.0909. The van der Waals surface area contributed by atoms with Crippen molar-refractivity contribution in [3.05, 3.63) is 90.8 Å². The van der Waals surface area contributed by atoms with Crippen LogP contribution in [-0.2, 0) is 6.61 Å². The first-order chi connectivity index (χ1) is 14.9. The van der Waals surface area contributed by atoms with Gasteiger partial charge in [-0.15, -0.1) is 0 Å². The molecule has 9 heteroatoms. The number of nitrogens with one attached hydrogen (secondary N) is 1. The summed E-state index contributed by atoms with van der Waals surface area (Å²) >= 11 is 21.3. The van der Waals surface area contributed by atoms with Gasteiger partial charge in [0.1, 0.15) is 6.61 Å². The van der Waals surface area contributed by atoms with Crippen molar-refractivity contribution in [3.63, 3.8) is 0 Å². The molecule has 0 fully saturated rings. The highest BCUT2D eigenvalue weighted by molar-refractivity contribution is 9.10. The van der Waals surface area contributed by atoms with Crippen LogP contribution >= 0.6 is 50.7 Å². The smallest absolute Gasteiger partial charge is 0.271 e. The minimum atomic E-state index is -0.347. The number of hydrazone groups is 1. The number of methoxy groups -OCH3 is 1. The lowest BCUT2D eigenvalue weighted by atomic mass is 10.2. The second-order valence-electron chi connectivity index (χ2n) is 6.28. The van der Waals surface area contributed by atoms with Crippen LogP contribution in [0.1, 0.15) is 21.5 Å². The van der Waals surface area contributed by atoms with Gasteiger partial charge in [-0.1, -0.05) is 40.9 Å². The molecule has 31 heavy (non-hydrogen) atoms. The average molecular weight is 543 g/mol. The van der Waals surface area contributed by atoms with E-state index in [9.17, 15) is 4.79 Å². The molecule has 0 heterocycles. The number of benzene rings is 3. The number of carbonyl (C=O) groups excluding carboxylic acids is 1. The zero-order valence-corrected chi connectivity index (χ0v) is 20.0. The highest BCUT2D eigenvalue weighted by Gasteiger charge is 2.12. The molecule has 0 saturated carbocycles. The molecule has 160 valence electrons. The van der Waals surface area contributed by atoms with E-state index < -0.39 is 0 Å². The molecule has 3 aromatic carbocycles. The molecule has 5 nitrogen and oxygen atoms in total. The Kier molecular flexibility index (Phi) is 8.21. The van der Waals surface area contributed by atoms with Gasteiger partial charge in [-0.25, -0.2) is 5.43 Å². The molecule has 3 rings (SSSR count). The van der Waals surface area contributed by atoms with Crippen molar-refractivity contribution in [2.45, 2.75) is 6.61 Å². The first-order valence-electron chi connectivity index (χ1n) is 8.90. The molecule has 1 N–H and O–H groups in total. The monoisotopic (exact) mass is 540 g/mol. The van der Waals surface area contributed by atoms with E-state index in [0.29, 0.717) is 42.2 Å². The van der Waals surface area contributed by atoms with E-state index >= 15 is 0 Å². The van der Waals surface area contributed by atoms with Gasteiger partial charge in [0.25, 0.3) is 5.91 Å². The van der Waals surface area contributed by atoms with Crippen molar-refractivity contribution in [1.82, 2.24) is 5.43 Å². The quantitative estimate of drug-likeness (QED) is 0.265. The van der Waals surface area contributed by atoms with Gasteiger partial charge in [-0.2, -0.15) is 5.10 Å². The summed E-state index contributed by atoms with van der Waals surface area (Å²) in [7, 11) is 1.54. The topological polar surface area (TPSA) is 59.9 Å². The first kappa shape index (κ1) is 23.4. The van der Waals surface area contributed by atoms with Gasteiger partial charge in [0.05, 0.1) is 27.8 Å². The normalized spacial score (nSPS) is 10.9. The van der Waals surface area contributed by atoms with E-state index in [0.717, 1.165) is 5.56 Å². The molecule has 0 aromatic heterocycles. The summed E-state index contributed by atoms with van der Waals surface area (Å²) < 4.78 is 12.0. The minimum Gasteiger partial charge on any atom is -0.493 e. The van der Waals surface area contributed by atoms with Gasteiger partial charge < -0.3 is 9.47 Å². The van der Waals surface area contributed by atoms with Gasteiger partial charge in [-0.3, -0.25) is 4.79 Å². The summed E-state index contributed by atoms with van der Waals surface area (Å²) in [5.41, 5.74) is 4.48. The lowest BCUT2D eigenvalue weighted by Gasteiger charge is -2.14. The molecule has 1 amide bonds. The third kappa shape index (κ3) is 6.37. The number of rotatable bonds is 7. The molecule has 0 atom stereocenters. The molecular formula is C22H16BrCl3N2O3. The summed E-state index contributed by atoms with van der Waals surface area (Å²) in [5, 5.41) is 5.49. The third-order valence-electron chi connectivity index (χ3n) is 4.11. The average Bonchev–Trinajstić information content (AvgIpc) is 2.75. The van der Waals surface area contributed by atoms with E-state index in [1.54, 1.807) is 48.5 Å². The highest BCUT2D eigenvalue weighted by atomic mass is 79.9. The standard InChI is InChI=1S/C22H16BrCl3N2O3/c1-30-20-10-14(11-27-28-22(29)15-3-5-16(24)6-4-15)8-17(23)21(20)31-12-13-2-7-18(25)19(26)9-13/h2-11H,12H2,1H3,(H,28,29)/b27-11-. The zero-order valence-electron chi connectivity index (χ0n) is 16.2. The van der Waals surface area contributed by atoms with Crippen LogP contribution in [0.2, 0.25) is 15.1 Å². The minimum absolute atomic E-state index is 0.274. The molecule has 0 unspecified atom stereocenters. The highest BCUT2D eigenvalue weighted by Crippen LogP contribution is 2.37. The van der Waals surface area contributed by atoms with E-state index in [1.165, 1.54) is 13.3 Å². The lowest BCUT2D eigenvalue weighted by Crippen LogP contribution is -2.17. The summed E-state index contributed by atoms with van der Waals surface area (Å²) in [5.74, 6) is 0.677. The summed E-state index contributed by atoms with van der Waals surface area (Å²) in [6, 6.07) is 15.3. The van der Waals surface area contributed by atoms with Crippen LogP contribution in [0.3, 0.4) is 0 Å². The number of hydrogen-bond donors (Lipinski definition) is 1. The van der Waals surface area contributed by atoms with Gasteiger partial charge in [0, 0.05) is 10.6 Å². The Bertz CT molecular complexity index is 1120. The Morgan fingerprint density at radius 3 is 2.48 bits per heavy atom. The molecule has 0 bridgehead atoms. The van der Waals surface area contributed by atoms with E-state index in [2.05, 4.69) is 26.5 Å². The largest absolute Gasteiger partial charge is 0.493 e. The molecule has 0 aliphatic carbocycles. The Labute approximate surface area is 203 Å². The van der Waals surface area contributed by atoms with Crippen LogP contribution in [0, 0.1) is 0 Å². The van der Waals surface area contributed by atoms with Crippen LogP contribution in [0.15, 0.2) is 64.2 Å². The molecule has 0 aliphatic heterocycles. The Balaban J connectivity index is 1.69. The van der Waals surface area contributed by atoms with Crippen molar-refractivity contribution in [1.29, 1.82) is 0 Å². The fourth-order valence-corrected chi connectivity index (χ4v) is 3.59. The second-order valence-corrected chi connectivity index (χ2v) is 8.38. The van der Waals surface area contributed by atoms with Crippen molar-refractivity contribution in [3.8, 4) is 11.5 Å². The summed E-state index contributed by atoms with van der Waals surface area (Å²) in [6.45, 7) is 0.274. The van der Waals surface area contributed by atoms with E-state index in [1.807, 2.05) is 6.07 Å². The van der Waals surface area contributed by atoms with Gasteiger partial charge in [0.2, 0.25) is 0 Å². The van der Waals surface area contributed by atoms with Crippen LogP contribution < -0.4 is 14.9 Å². The number of hydrogen-bond acceptors (Lipinski definition) is 4. The molecular weight excluding hydrogens is 527 g/mol. The van der Waals surface area contributed by atoms with Crippen molar-refractivity contribution >= 4 is 62.9 Å². The van der Waals surface area contributed by atoms with Crippen molar-refractivity contribution in [2.75, 3.05) is 7.11 Å². The SMILES string of the molecule is COc1cc(/C=N\NC(=O)c2ccc(Cl)cc2)cc(Br)c1OCc1ccc(Cl)c(Cl)c1. The van der Waals surface area contributed by atoms with Gasteiger partial charge in [0.15, 0.2) is 11.5 Å². The van der Waals surface area contributed by atoms with Crippen LogP contribution in [-0.4, -0.2) is 19.2 Å². The van der Waals surface area contributed by atoms with Gasteiger partial charge in [-0.05, 0) is 75.6 Å². The molecule has 0 spiro atoms. The van der Waals surface area contributed by atoms with E-state index in [-0.39, 0.29) is 12.5 Å². The van der Waals surface area contributed by atoms with Gasteiger partial charge >= 0.3 is 0 Å². The number of carbonyl (C=O) groups is 1. The van der Waals surface area contributed by atoms with Crippen LogP contribution in [0.5, 0.6) is 11.5 Å². The Hall–Kier alpha value is -2.25.